The molecular formula is C6H13NO3. The first kappa shape index (κ1) is 9.55. The molecule has 0 rings (SSSR count). The Morgan fingerprint density at radius 3 is 2.60 bits per heavy atom. The monoisotopic (exact) mass is 147 g/mol. The summed E-state index contributed by atoms with van der Waals surface area (Å²) in [6.07, 6.45) is 0.245. The van der Waals surface area contributed by atoms with Gasteiger partial charge in [-0.25, -0.2) is 0 Å². The van der Waals surface area contributed by atoms with Crippen molar-refractivity contribution in [3.05, 3.63) is 0 Å². The summed E-state index contributed by atoms with van der Waals surface area (Å²) < 4.78 is 0. The molecule has 4 nitrogen and oxygen atoms in total. The molecule has 60 valence electrons. The van der Waals surface area contributed by atoms with Crippen molar-refractivity contribution in [1.82, 2.24) is 5.32 Å². The zero-order valence-corrected chi connectivity index (χ0v) is 5.95. The molecule has 0 radical (unpaired) electrons. The van der Waals surface area contributed by atoms with Gasteiger partial charge in [0.2, 0.25) is 0 Å². The SMILES string of the molecule is C[C@H](O)NC(CO)CC=O. The molecule has 3 N–H and O–H groups in total. The average molecular weight is 147 g/mol. The van der Waals surface area contributed by atoms with Gasteiger partial charge in [-0.05, 0) is 6.92 Å². The molecule has 0 aliphatic heterocycles. The third kappa shape index (κ3) is 4.43. The second kappa shape index (κ2) is 5.34. The number of rotatable bonds is 5. The maximum absolute atomic E-state index is 9.92. The Kier molecular flexibility index (Phi) is 5.10. The van der Waals surface area contributed by atoms with Crippen molar-refractivity contribution in [2.24, 2.45) is 0 Å². The number of aliphatic hydroxyl groups is 2. The predicted octanol–water partition coefficient (Wildman–Crippen LogP) is -1.14. The van der Waals surface area contributed by atoms with E-state index in [2.05, 4.69) is 5.32 Å². The van der Waals surface area contributed by atoms with Crippen LogP contribution in [0.3, 0.4) is 0 Å². The molecule has 0 aromatic rings. The zero-order chi connectivity index (χ0) is 7.98. The van der Waals surface area contributed by atoms with Crippen molar-refractivity contribution < 1.29 is 15.0 Å². The maximum atomic E-state index is 9.92. The van der Waals surface area contributed by atoms with Gasteiger partial charge in [0.25, 0.3) is 0 Å². The van der Waals surface area contributed by atoms with Crippen LogP contribution >= 0.6 is 0 Å². The van der Waals surface area contributed by atoms with Crippen LogP contribution in [0, 0.1) is 0 Å². The fourth-order valence-electron chi connectivity index (χ4n) is 0.653. The van der Waals surface area contributed by atoms with E-state index >= 15 is 0 Å². The standard InChI is InChI=1S/C6H13NO3/c1-5(10)7-6(4-9)2-3-8/h3,5-7,9-10H,2,4H2,1H3/t5-,6?/m0/s1. The van der Waals surface area contributed by atoms with Crippen molar-refractivity contribution in [1.29, 1.82) is 0 Å². The van der Waals surface area contributed by atoms with Crippen LogP contribution in [0.25, 0.3) is 0 Å². The Bertz CT molecular complexity index is 95.0. The summed E-state index contributed by atoms with van der Waals surface area (Å²) in [5.74, 6) is 0. The highest BCUT2D eigenvalue weighted by Crippen LogP contribution is 1.88. The molecule has 0 amide bonds. The Morgan fingerprint density at radius 1 is 1.70 bits per heavy atom. The summed E-state index contributed by atoms with van der Waals surface area (Å²) in [5, 5.41) is 19.9. The van der Waals surface area contributed by atoms with E-state index in [9.17, 15) is 4.79 Å². The van der Waals surface area contributed by atoms with Crippen molar-refractivity contribution in [3.63, 3.8) is 0 Å². The molecule has 0 aromatic carbocycles. The minimum atomic E-state index is -0.683. The molecule has 0 heterocycles. The van der Waals surface area contributed by atoms with Gasteiger partial charge in [-0.3, -0.25) is 5.32 Å². The molecule has 0 spiro atoms. The second-order valence-corrected chi connectivity index (χ2v) is 2.12. The van der Waals surface area contributed by atoms with Crippen LogP contribution in [-0.2, 0) is 4.79 Å². The van der Waals surface area contributed by atoms with Crippen molar-refractivity contribution in [3.8, 4) is 0 Å². The van der Waals surface area contributed by atoms with Crippen LogP contribution in [-0.4, -0.2) is 35.4 Å². The highest BCUT2D eigenvalue weighted by atomic mass is 16.3. The third-order valence-corrected chi connectivity index (χ3v) is 1.08. The molecule has 10 heavy (non-hydrogen) atoms. The van der Waals surface area contributed by atoms with E-state index in [1.165, 1.54) is 6.92 Å². The molecule has 0 saturated heterocycles. The van der Waals surface area contributed by atoms with E-state index in [1.807, 2.05) is 0 Å². The van der Waals surface area contributed by atoms with Gasteiger partial charge in [-0.15, -0.1) is 0 Å². The van der Waals surface area contributed by atoms with Gasteiger partial charge in [-0.2, -0.15) is 0 Å². The molecule has 0 aliphatic carbocycles. The highest BCUT2D eigenvalue weighted by molar-refractivity contribution is 5.50. The molecule has 0 saturated carbocycles. The first-order valence-corrected chi connectivity index (χ1v) is 3.19. The summed E-state index contributed by atoms with van der Waals surface area (Å²) in [6, 6.07) is -0.322. The van der Waals surface area contributed by atoms with Gasteiger partial charge >= 0.3 is 0 Å². The molecule has 0 aromatic heterocycles. The minimum Gasteiger partial charge on any atom is -0.395 e. The van der Waals surface area contributed by atoms with Crippen LogP contribution < -0.4 is 5.32 Å². The van der Waals surface area contributed by atoms with E-state index in [-0.39, 0.29) is 19.1 Å². The van der Waals surface area contributed by atoms with Crippen LogP contribution in [0.4, 0.5) is 0 Å². The number of carbonyl (C=O) groups excluding carboxylic acids is 1. The van der Waals surface area contributed by atoms with Crippen LogP contribution in [0.1, 0.15) is 13.3 Å². The Balaban J connectivity index is 3.48. The average Bonchev–Trinajstić information content (AvgIpc) is 1.86. The number of aldehydes is 1. The molecule has 2 atom stereocenters. The fourth-order valence-corrected chi connectivity index (χ4v) is 0.653. The van der Waals surface area contributed by atoms with Crippen LogP contribution in [0.2, 0.25) is 0 Å². The first-order valence-electron chi connectivity index (χ1n) is 3.19. The number of hydrogen-bond acceptors (Lipinski definition) is 4. The number of hydrogen-bond donors (Lipinski definition) is 3. The lowest BCUT2D eigenvalue weighted by atomic mass is 10.2. The maximum Gasteiger partial charge on any atom is 0.121 e. The fraction of sp³-hybridized carbons (Fsp3) is 0.833. The minimum absolute atomic E-state index is 0.135. The molecule has 4 heteroatoms. The first-order chi connectivity index (χ1) is 4.70. The topological polar surface area (TPSA) is 69.6 Å². The van der Waals surface area contributed by atoms with Gasteiger partial charge < -0.3 is 15.0 Å². The Hall–Kier alpha value is -0.450. The Morgan fingerprint density at radius 2 is 2.30 bits per heavy atom. The molecule has 0 fully saturated rings. The highest BCUT2D eigenvalue weighted by Gasteiger charge is 2.06. The van der Waals surface area contributed by atoms with Crippen LogP contribution in [0.15, 0.2) is 0 Å². The lowest BCUT2D eigenvalue weighted by molar-refractivity contribution is -0.108. The summed E-state index contributed by atoms with van der Waals surface area (Å²) in [6.45, 7) is 1.40. The predicted molar refractivity (Wildman–Crippen MR) is 36.4 cm³/mol. The summed E-state index contributed by atoms with van der Waals surface area (Å²) in [7, 11) is 0. The second-order valence-electron chi connectivity index (χ2n) is 2.12. The van der Waals surface area contributed by atoms with Gasteiger partial charge in [0.1, 0.15) is 12.5 Å². The van der Waals surface area contributed by atoms with E-state index in [4.69, 9.17) is 10.2 Å². The van der Waals surface area contributed by atoms with E-state index in [1.54, 1.807) is 0 Å². The van der Waals surface area contributed by atoms with Crippen molar-refractivity contribution >= 4 is 6.29 Å². The summed E-state index contributed by atoms with van der Waals surface area (Å²) in [4.78, 5) is 9.92. The molecular weight excluding hydrogens is 134 g/mol. The normalized spacial score (nSPS) is 16.3. The van der Waals surface area contributed by atoms with Gasteiger partial charge in [0.15, 0.2) is 0 Å². The lowest BCUT2D eigenvalue weighted by Gasteiger charge is -2.14. The Labute approximate surface area is 59.9 Å². The smallest absolute Gasteiger partial charge is 0.121 e. The summed E-state index contributed by atoms with van der Waals surface area (Å²) >= 11 is 0. The van der Waals surface area contributed by atoms with Crippen LogP contribution in [0.5, 0.6) is 0 Å². The summed E-state index contributed by atoms with van der Waals surface area (Å²) in [5.41, 5.74) is 0. The number of carbonyl (C=O) groups is 1. The third-order valence-electron chi connectivity index (χ3n) is 1.08. The van der Waals surface area contributed by atoms with E-state index in [0.717, 1.165) is 0 Å². The van der Waals surface area contributed by atoms with Crippen molar-refractivity contribution in [2.45, 2.75) is 25.6 Å². The molecule has 0 aliphatic rings. The van der Waals surface area contributed by atoms with Gasteiger partial charge in [0.05, 0.1) is 6.61 Å². The molecule has 1 unspecified atom stereocenters. The molecule has 0 bridgehead atoms. The zero-order valence-electron chi connectivity index (χ0n) is 5.95. The van der Waals surface area contributed by atoms with Gasteiger partial charge in [0, 0.05) is 12.5 Å². The quantitative estimate of drug-likeness (QED) is 0.340. The van der Waals surface area contributed by atoms with Gasteiger partial charge in [-0.1, -0.05) is 0 Å². The number of aliphatic hydroxyl groups excluding tert-OH is 2. The van der Waals surface area contributed by atoms with E-state index < -0.39 is 6.23 Å². The lowest BCUT2D eigenvalue weighted by Crippen LogP contribution is -2.39. The largest absolute Gasteiger partial charge is 0.395 e. The van der Waals surface area contributed by atoms with Crippen molar-refractivity contribution in [2.75, 3.05) is 6.61 Å². The van der Waals surface area contributed by atoms with E-state index in [0.29, 0.717) is 6.29 Å². The number of nitrogens with one attached hydrogen (secondary N) is 1.